The van der Waals surface area contributed by atoms with Crippen LogP contribution in [0.4, 0.5) is 0 Å². The maximum absolute atomic E-state index is 12.6. The molecule has 0 spiro atoms. The summed E-state index contributed by atoms with van der Waals surface area (Å²) in [5.74, 6) is -0.544. The largest absolute Gasteiger partial charge is 0.467 e. The Morgan fingerprint density at radius 2 is 2.00 bits per heavy atom. The Hall–Kier alpha value is -1.94. The molecule has 0 radical (unpaired) electrons. The SMILES string of the molecule is COC(=O)[C@]1(c2ccccc2)OC[C@@]1(C#N)N1CCOCC1. The second-order valence-electron chi connectivity index (χ2n) is 5.40. The van der Waals surface area contributed by atoms with Crippen LogP contribution < -0.4 is 0 Å². The molecule has 22 heavy (non-hydrogen) atoms. The normalized spacial score (nSPS) is 31.8. The van der Waals surface area contributed by atoms with Gasteiger partial charge in [-0.1, -0.05) is 30.3 Å². The molecule has 0 saturated carbocycles. The summed E-state index contributed by atoms with van der Waals surface area (Å²) in [5, 5.41) is 9.91. The van der Waals surface area contributed by atoms with E-state index < -0.39 is 17.1 Å². The van der Waals surface area contributed by atoms with Crippen molar-refractivity contribution in [3.63, 3.8) is 0 Å². The quantitative estimate of drug-likeness (QED) is 0.765. The third kappa shape index (κ3) is 1.87. The Morgan fingerprint density at radius 3 is 2.50 bits per heavy atom. The molecule has 0 aromatic heterocycles. The summed E-state index contributed by atoms with van der Waals surface area (Å²) in [4.78, 5) is 14.6. The van der Waals surface area contributed by atoms with Gasteiger partial charge in [0.15, 0.2) is 5.54 Å². The van der Waals surface area contributed by atoms with E-state index in [-0.39, 0.29) is 6.61 Å². The van der Waals surface area contributed by atoms with Gasteiger partial charge in [-0.05, 0) is 5.56 Å². The zero-order valence-electron chi connectivity index (χ0n) is 12.4. The fourth-order valence-corrected chi connectivity index (χ4v) is 3.28. The first-order chi connectivity index (χ1) is 10.7. The highest BCUT2D eigenvalue weighted by Gasteiger charge is 2.71. The van der Waals surface area contributed by atoms with Crippen molar-refractivity contribution in [3.05, 3.63) is 35.9 Å². The van der Waals surface area contributed by atoms with Gasteiger partial charge in [-0.2, -0.15) is 5.26 Å². The molecular weight excluding hydrogens is 284 g/mol. The highest BCUT2D eigenvalue weighted by Crippen LogP contribution is 2.50. The molecule has 1 aromatic rings. The molecule has 3 rings (SSSR count). The molecule has 0 N–H and O–H groups in total. The zero-order chi connectivity index (χ0) is 15.6. The van der Waals surface area contributed by atoms with Crippen LogP contribution in [0.15, 0.2) is 30.3 Å². The Labute approximate surface area is 129 Å². The van der Waals surface area contributed by atoms with Gasteiger partial charge in [-0.3, -0.25) is 4.90 Å². The van der Waals surface area contributed by atoms with Crippen molar-refractivity contribution in [2.24, 2.45) is 0 Å². The molecule has 2 fully saturated rings. The predicted molar refractivity (Wildman–Crippen MR) is 76.8 cm³/mol. The van der Waals surface area contributed by atoms with E-state index in [1.807, 2.05) is 23.1 Å². The minimum atomic E-state index is -1.41. The van der Waals surface area contributed by atoms with Crippen molar-refractivity contribution in [2.75, 3.05) is 40.0 Å². The Bertz CT molecular complexity index is 594. The monoisotopic (exact) mass is 302 g/mol. The number of hydrogen-bond acceptors (Lipinski definition) is 6. The van der Waals surface area contributed by atoms with Crippen molar-refractivity contribution in [2.45, 2.75) is 11.1 Å². The van der Waals surface area contributed by atoms with Gasteiger partial charge in [-0.15, -0.1) is 0 Å². The van der Waals surface area contributed by atoms with Crippen LogP contribution in [0.1, 0.15) is 5.56 Å². The van der Waals surface area contributed by atoms with Gasteiger partial charge in [0, 0.05) is 13.1 Å². The van der Waals surface area contributed by atoms with E-state index >= 15 is 0 Å². The number of carbonyl (C=O) groups is 1. The van der Waals surface area contributed by atoms with Crippen LogP contribution in [0, 0.1) is 11.3 Å². The molecule has 2 heterocycles. The first kappa shape index (κ1) is 15.0. The third-order valence-electron chi connectivity index (χ3n) is 4.47. The van der Waals surface area contributed by atoms with Crippen molar-refractivity contribution in [3.8, 4) is 6.07 Å². The molecule has 0 bridgehead atoms. The molecule has 2 aliphatic rings. The smallest absolute Gasteiger partial charge is 0.346 e. The number of esters is 1. The second kappa shape index (κ2) is 5.69. The molecule has 0 aliphatic carbocycles. The summed E-state index contributed by atoms with van der Waals surface area (Å²) in [6.07, 6.45) is 0. The number of nitrogens with zero attached hydrogens (tertiary/aromatic N) is 2. The van der Waals surface area contributed by atoms with Crippen molar-refractivity contribution in [1.29, 1.82) is 5.26 Å². The number of methoxy groups -OCH3 is 1. The highest BCUT2D eigenvalue weighted by molar-refractivity contribution is 5.86. The van der Waals surface area contributed by atoms with Crippen molar-refractivity contribution >= 4 is 5.97 Å². The van der Waals surface area contributed by atoms with Crippen LogP contribution in [0.5, 0.6) is 0 Å². The molecule has 2 aliphatic heterocycles. The molecule has 116 valence electrons. The highest BCUT2D eigenvalue weighted by atomic mass is 16.6. The lowest BCUT2D eigenvalue weighted by atomic mass is 9.69. The Balaban J connectivity index is 2.09. The van der Waals surface area contributed by atoms with Crippen LogP contribution >= 0.6 is 0 Å². The fourth-order valence-electron chi connectivity index (χ4n) is 3.28. The van der Waals surface area contributed by atoms with E-state index in [2.05, 4.69) is 6.07 Å². The maximum Gasteiger partial charge on any atom is 0.346 e. The summed E-state index contributed by atoms with van der Waals surface area (Å²) < 4.78 is 16.1. The van der Waals surface area contributed by atoms with Crippen LogP contribution in [0.3, 0.4) is 0 Å². The number of rotatable bonds is 3. The zero-order valence-corrected chi connectivity index (χ0v) is 12.4. The van der Waals surface area contributed by atoms with Crippen LogP contribution in [-0.2, 0) is 24.6 Å². The summed E-state index contributed by atoms with van der Waals surface area (Å²) in [7, 11) is 1.32. The topological polar surface area (TPSA) is 71.8 Å². The molecule has 0 unspecified atom stereocenters. The molecular formula is C16H18N2O4. The van der Waals surface area contributed by atoms with Crippen molar-refractivity contribution in [1.82, 2.24) is 4.90 Å². The lowest BCUT2D eigenvalue weighted by molar-refractivity contribution is -0.266. The van der Waals surface area contributed by atoms with Gasteiger partial charge in [0.25, 0.3) is 0 Å². The third-order valence-corrected chi connectivity index (χ3v) is 4.47. The standard InChI is InChI=1S/C16H18N2O4/c1-20-14(19)16(13-5-3-2-4-6-13)15(11-17,12-22-16)18-7-9-21-10-8-18/h2-6H,7-10,12H2,1H3/t15-,16+/m1/s1. The lowest BCUT2D eigenvalue weighted by Crippen LogP contribution is -2.77. The Morgan fingerprint density at radius 1 is 1.32 bits per heavy atom. The number of benzene rings is 1. The average Bonchev–Trinajstić information content (AvgIpc) is 2.57. The first-order valence-electron chi connectivity index (χ1n) is 7.23. The number of morpholine rings is 1. The van der Waals surface area contributed by atoms with E-state index in [9.17, 15) is 10.1 Å². The molecule has 1 aromatic carbocycles. The number of carbonyl (C=O) groups excluding carboxylic acids is 1. The van der Waals surface area contributed by atoms with E-state index in [0.717, 1.165) is 0 Å². The average molecular weight is 302 g/mol. The number of nitriles is 1. The summed E-state index contributed by atoms with van der Waals surface area (Å²) in [5.41, 5.74) is -1.83. The Kier molecular flexibility index (Phi) is 3.87. The van der Waals surface area contributed by atoms with E-state index in [1.165, 1.54) is 7.11 Å². The second-order valence-corrected chi connectivity index (χ2v) is 5.40. The fraction of sp³-hybridized carbons (Fsp3) is 0.500. The minimum Gasteiger partial charge on any atom is -0.467 e. The van der Waals surface area contributed by atoms with Gasteiger partial charge >= 0.3 is 5.97 Å². The molecule has 6 heteroatoms. The summed E-state index contributed by atoms with van der Waals surface area (Å²) >= 11 is 0. The van der Waals surface area contributed by atoms with Crippen LogP contribution in [0.25, 0.3) is 0 Å². The maximum atomic E-state index is 12.6. The van der Waals surface area contributed by atoms with Gasteiger partial charge in [0.1, 0.15) is 0 Å². The summed E-state index contributed by atoms with van der Waals surface area (Å²) in [6.45, 7) is 2.42. The van der Waals surface area contributed by atoms with Gasteiger partial charge in [-0.25, -0.2) is 4.79 Å². The summed E-state index contributed by atoms with van der Waals surface area (Å²) in [6, 6.07) is 11.4. The van der Waals surface area contributed by atoms with Gasteiger partial charge < -0.3 is 14.2 Å². The molecule has 2 atom stereocenters. The number of hydrogen-bond donors (Lipinski definition) is 0. The lowest BCUT2D eigenvalue weighted by Gasteiger charge is -2.57. The van der Waals surface area contributed by atoms with Gasteiger partial charge in [0.05, 0.1) is 33.0 Å². The van der Waals surface area contributed by atoms with E-state index in [1.54, 1.807) is 12.1 Å². The van der Waals surface area contributed by atoms with E-state index in [0.29, 0.717) is 31.9 Å². The predicted octanol–water partition coefficient (Wildman–Crippen LogP) is 0.680. The molecule has 0 amide bonds. The minimum absolute atomic E-state index is 0.174. The molecule has 2 saturated heterocycles. The van der Waals surface area contributed by atoms with Crippen LogP contribution in [-0.4, -0.2) is 56.4 Å². The van der Waals surface area contributed by atoms with Crippen LogP contribution in [0.2, 0.25) is 0 Å². The van der Waals surface area contributed by atoms with E-state index in [4.69, 9.17) is 14.2 Å². The molecule has 6 nitrogen and oxygen atoms in total. The van der Waals surface area contributed by atoms with Crippen molar-refractivity contribution < 1.29 is 19.0 Å². The number of ether oxygens (including phenoxy) is 3. The first-order valence-corrected chi connectivity index (χ1v) is 7.23. The van der Waals surface area contributed by atoms with Gasteiger partial charge in [0.2, 0.25) is 5.60 Å².